The second kappa shape index (κ2) is 16.5. The van der Waals surface area contributed by atoms with E-state index < -0.39 is 10.8 Å². The van der Waals surface area contributed by atoms with Gasteiger partial charge in [-0.3, -0.25) is 14.4 Å². The molecule has 2 aromatic carbocycles. The highest BCUT2D eigenvalue weighted by Gasteiger charge is 2.25. The van der Waals surface area contributed by atoms with Crippen LogP contribution in [-0.4, -0.2) is 37.9 Å². The number of rotatable bonds is 16. The number of esters is 2. The van der Waals surface area contributed by atoms with Gasteiger partial charge in [-0.25, -0.2) is 0 Å². The standard InChI is InChI=1S/C36H46O8/c1-10-13-26-22-27(17-20-30(37)25-15-18-28(19-16-25)41-23-43-33(38)35(4,5)6)31(40-21-12-3)29(14-11-2)32(26)42-24-44-34(39)36(7,8)9/h10-11,15-20,22H,1-2,12-14,21,23-24H2,3-9H3/b20-17+. The largest absolute Gasteiger partial charge is 0.493 e. The molecule has 2 rings (SSSR count). The minimum Gasteiger partial charge on any atom is -0.493 e. The van der Waals surface area contributed by atoms with Gasteiger partial charge in [0.05, 0.1) is 17.4 Å². The molecule has 0 radical (unpaired) electrons. The Morgan fingerprint density at radius 3 is 1.86 bits per heavy atom. The van der Waals surface area contributed by atoms with Crippen molar-refractivity contribution in [2.45, 2.75) is 67.7 Å². The fraction of sp³-hybridized carbons (Fsp3) is 0.417. The van der Waals surface area contributed by atoms with Crippen LogP contribution >= 0.6 is 0 Å². The maximum absolute atomic E-state index is 13.1. The molecule has 0 atom stereocenters. The van der Waals surface area contributed by atoms with Crippen LogP contribution in [0.1, 0.15) is 81.9 Å². The Morgan fingerprint density at radius 1 is 0.773 bits per heavy atom. The van der Waals surface area contributed by atoms with Crippen LogP contribution in [0.25, 0.3) is 6.08 Å². The maximum Gasteiger partial charge on any atom is 0.314 e. The number of hydrogen-bond acceptors (Lipinski definition) is 8. The highest BCUT2D eigenvalue weighted by Crippen LogP contribution is 2.38. The van der Waals surface area contributed by atoms with Gasteiger partial charge >= 0.3 is 11.9 Å². The predicted octanol–water partition coefficient (Wildman–Crippen LogP) is 7.68. The summed E-state index contributed by atoms with van der Waals surface area (Å²) in [7, 11) is 0. The Hall–Kier alpha value is -4.33. The molecule has 0 N–H and O–H groups in total. The van der Waals surface area contributed by atoms with Crippen LogP contribution in [0.3, 0.4) is 0 Å². The molecule has 0 heterocycles. The Morgan fingerprint density at radius 2 is 1.34 bits per heavy atom. The van der Waals surface area contributed by atoms with Crippen LogP contribution in [0, 0.1) is 10.8 Å². The van der Waals surface area contributed by atoms with Crippen molar-refractivity contribution in [2.24, 2.45) is 10.8 Å². The molecule has 0 amide bonds. The summed E-state index contributed by atoms with van der Waals surface area (Å²) in [5, 5.41) is 0. The van der Waals surface area contributed by atoms with Gasteiger partial charge in [-0.2, -0.15) is 0 Å². The number of allylic oxidation sites excluding steroid dienone is 3. The zero-order chi connectivity index (χ0) is 32.9. The lowest BCUT2D eigenvalue weighted by Gasteiger charge is -2.22. The van der Waals surface area contributed by atoms with Crippen LogP contribution in [-0.2, 0) is 31.9 Å². The van der Waals surface area contributed by atoms with Crippen LogP contribution in [0.2, 0.25) is 0 Å². The molecule has 0 aromatic heterocycles. The van der Waals surface area contributed by atoms with Crippen LogP contribution in [0.15, 0.2) is 61.7 Å². The molecule has 0 aliphatic carbocycles. The van der Waals surface area contributed by atoms with E-state index in [-0.39, 0.29) is 31.3 Å². The van der Waals surface area contributed by atoms with Crippen molar-refractivity contribution in [3.8, 4) is 17.2 Å². The Kier molecular flexibility index (Phi) is 13.4. The Labute approximate surface area is 261 Å². The number of carbonyl (C=O) groups excluding carboxylic acids is 3. The molecular weight excluding hydrogens is 560 g/mol. The van der Waals surface area contributed by atoms with Gasteiger partial charge in [0.1, 0.15) is 17.2 Å². The van der Waals surface area contributed by atoms with Crippen molar-refractivity contribution < 1.29 is 38.1 Å². The van der Waals surface area contributed by atoms with E-state index in [4.69, 9.17) is 23.7 Å². The molecular formula is C36H46O8. The van der Waals surface area contributed by atoms with Gasteiger partial charge in [-0.05, 0) is 109 Å². The first-order valence-electron chi connectivity index (χ1n) is 14.7. The smallest absolute Gasteiger partial charge is 0.314 e. The summed E-state index contributed by atoms with van der Waals surface area (Å²) in [5.74, 6) is 0.598. The van der Waals surface area contributed by atoms with E-state index in [2.05, 4.69) is 13.2 Å². The van der Waals surface area contributed by atoms with E-state index in [1.807, 2.05) is 13.0 Å². The van der Waals surface area contributed by atoms with E-state index in [9.17, 15) is 14.4 Å². The first-order valence-corrected chi connectivity index (χ1v) is 14.7. The van der Waals surface area contributed by atoms with Crippen molar-refractivity contribution in [2.75, 3.05) is 20.2 Å². The summed E-state index contributed by atoms with van der Waals surface area (Å²) in [6.07, 6.45) is 8.36. The van der Waals surface area contributed by atoms with Crippen molar-refractivity contribution >= 4 is 23.8 Å². The minimum atomic E-state index is -0.665. The minimum absolute atomic E-state index is 0.220. The van der Waals surface area contributed by atoms with Crippen molar-refractivity contribution in [3.05, 3.63) is 84.0 Å². The number of benzene rings is 2. The number of ketones is 1. The molecule has 0 bridgehead atoms. The summed E-state index contributed by atoms with van der Waals surface area (Å²) in [5.41, 5.74) is 1.39. The van der Waals surface area contributed by atoms with Crippen molar-refractivity contribution in [3.63, 3.8) is 0 Å². The van der Waals surface area contributed by atoms with Crippen LogP contribution in [0.5, 0.6) is 17.2 Å². The first kappa shape index (κ1) is 35.9. The fourth-order valence-electron chi connectivity index (χ4n) is 3.81. The Bertz CT molecular complexity index is 1340. The van der Waals surface area contributed by atoms with E-state index in [1.54, 1.807) is 84.0 Å². The molecule has 0 aliphatic heterocycles. The molecule has 2 aromatic rings. The van der Waals surface area contributed by atoms with E-state index in [0.717, 1.165) is 17.5 Å². The molecule has 0 saturated carbocycles. The monoisotopic (exact) mass is 606 g/mol. The number of ether oxygens (including phenoxy) is 5. The quantitative estimate of drug-likeness (QED) is 0.0631. The summed E-state index contributed by atoms with van der Waals surface area (Å²) < 4.78 is 28.2. The molecule has 0 saturated heterocycles. The lowest BCUT2D eigenvalue weighted by Crippen LogP contribution is -2.25. The third kappa shape index (κ3) is 10.7. The predicted molar refractivity (Wildman–Crippen MR) is 172 cm³/mol. The summed E-state index contributed by atoms with van der Waals surface area (Å²) in [4.78, 5) is 37.3. The lowest BCUT2D eigenvalue weighted by atomic mass is 9.97. The highest BCUT2D eigenvalue weighted by atomic mass is 16.7. The topological polar surface area (TPSA) is 97.4 Å². The fourth-order valence-corrected chi connectivity index (χ4v) is 3.81. The number of carbonyl (C=O) groups is 3. The Balaban J connectivity index is 2.34. The van der Waals surface area contributed by atoms with Gasteiger partial charge in [0.25, 0.3) is 0 Å². The second-order valence-corrected chi connectivity index (χ2v) is 12.2. The van der Waals surface area contributed by atoms with Crippen LogP contribution in [0.4, 0.5) is 0 Å². The van der Waals surface area contributed by atoms with E-state index in [0.29, 0.717) is 47.8 Å². The molecule has 0 unspecified atom stereocenters. The van der Waals surface area contributed by atoms with Crippen molar-refractivity contribution in [1.82, 2.24) is 0 Å². The average Bonchev–Trinajstić information content (AvgIpc) is 2.96. The van der Waals surface area contributed by atoms with Gasteiger partial charge in [-0.1, -0.05) is 19.1 Å². The van der Waals surface area contributed by atoms with Crippen LogP contribution < -0.4 is 14.2 Å². The zero-order valence-corrected chi connectivity index (χ0v) is 27.1. The third-order valence-electron chi connectivity index (χ3n) is 6.18. The SMILES string of the molecule is C=CCc1cc(/C=C/C(=O)c2ccc(OCOC(=O)C(C)(C)C)cc2)c(OCCC)c(CC=C)c1OCOC(=O)C(C)(C)C. The molecule has 8 heteroatoms. The zero-order valence-electron chi connectivity index (χ0n) is 27.1. The molecule has 238 valence electrons. The lowest BCUT2D eigenvalue weighted by molar-refractivity contribution is -0.160. The van der Waals surface area contributed by atoms with Gasteiger partial charge in [0.15, 0.2) is 5.78 Å². The van der Waals surface area contributed by atoms with Gasteiger partial charge in [0, 0.05) is 16.7 Å². The van der Waals surface area contributed by atoms with Gasteiger partial charge in [0.2, 0.25) is 13.6 Å². The first-order chi connectivity index (χ1) is 20.7. The number of hydrogen-bond donors (Lipinski definition) is 0. The normalized spacial score (nSPS) is 11.5. The summed E-state index contributed by atoms with van der Waals surface area (Å²) in [6.45, 7) is 20.4. The van der Waals surface area contributed by atoms with E-state index in [1.165, 1.54) is 6.08 Å². The van der Waals surface area contributed by atoms with Crippen molar-refractivity contribution in [1.29, 1.82) is 0 Å². The average molecular weight is 607 g/mol. The third-order valence-corrected chi connectivity index (χ3v) is 6.18. The summed E-state index contributed by atoms with van der Waals surface area (Å²) >= 11 is 0. The molecule has 0 fully saturated rings. The summed E-state index contributed by atoms with van der Waals surface area (Å²) in [6, 6.07) is 8.46. The maximum atomic E-state index is 13.1. The molecule has 0 spiro atoms. The second-order valence-electron chi connectivity index (χ2n) is 12.2. The molecule has 8 nitrogen and oxygen atoms in total. The van der Waals surface area contributed by atoms with Gasteiger partial charge < -0.3 is 23.7 Å². The van der Waals surface area contributed by atoms with E-state index >= 15 is 0 Å². The molecule has 44 heavy (non-hydrogen) atoms. The van der Waals surface area contributed by atoms with Gasteiger partial charge in [-0.15, -0.1) is 13.2 Å². The molecule has 0 aliphatic rings. The highest BCUT2D eigenvalue weighted by molar-refractivity contribution is 6.07.